The number of rotatable bonds is 4. The highest BCUT2D eigenvalue weighted by atomic mass is 35.5. The summed E-state index contributed by atoms with van der Waals surface area (Å²) >= 11 is 5.98. The summed E-state index contributed by atoms with van der Waals surface area (Å²) in [5.41, 5.74) is 0.547. The Balaban J connectivity index is 2.42. The van der Waals surface area contributed by atoms with E-state index in [0.29, 0.717) is 5.88 Å². The molecule has 0 aromatic carbocycles. The molecular weight excluding hydrogens is 238 g/mol. The van der Waals surface area contributed by atoms with Gasteiger partial charge in [0.15, 0.2) is 5.82 Å². The summed E-state index contributed by atoms with van der Waals surface area (Å²) in [4.78, 5) is 4.31. The molecule has 92 valence electrons. The lowest BCUT2D eigenvalue weighted by Crippen LogP contribution is -2.36. The number of halogens is 1. The van der Waals surface area contributed by atoms with Gasteiger partial charge >= 0.3 is 0 Å². The Kier molecular flexibility index (Phi) is 3.19. The average Bonchev–Trinajstić information content (AvgIpc) is 2.72. The molecular formula is C11H16ClN5. The minimum absolute atomic E-state index is 0.184. The third-order valence-electron chi connectivity index (χ3n) is 2.99. The molecule has 0 bridgehead atoms. The van der Waals surface area contributed by atoms with E-state index in [4.69, 9.17) is 11.6 Å². The van der Waals surface area contributed by atoms with Crippen LogP contribution in [0.4, 0.5) is 5.82 Å². The fourth-order valence-corrected chi connectivity index (χ4v) is 1.79. The maximum absolute atomic E-state index is 5.98. The minimum Gasteiger partial charge on any atom is -0.361 e. The number of fused-ring (bicyclic) bond motifs is 1. The molecule has 2 rings (SSSR count). The van der Waals surface area contributed by atoms with Gasteiger partial charge in [0.25, 0.3) is 0 Å². The molecule has 0 saturated heterocycles. The van der Waals surface area contributed by atoms with Gasteiger partial charge in [-0.25, -0.2) is 4.98 Å². The van der Waals surface area contributed by atoms with E-state index < -0.39 is 0 Å². The lowest BCUT2D eigenvalue weighted by Gasteiger charge is -2.27. The largest absolute Gasteiger partial charge is 0.361 e. The van der Waals surface area contributed by atoms with E-state index in [2.05, 4.69) is 34.3 Å². The van der Waals surface area contributed by atoms with E-state index in [1.807, 2.05) is 17.5 Å². The highest BCUT2D eigenvalue weighted by Crippen LogP contribution is 2.21. The summed E-state index contributed by atoms with van der Waals surface area (Å²) < 4.78 is 1.90. The van der Waals surface area contributed by atoms with Crippen molar-refractivity contribution in [1.82, 2.24) is 19.6 Å². The van der Waals surface area contributed by atoms with E-state index in [-0.39, 0.29) is 5.54 Å². The number of aromatic nitrogens is 4. The van der Waals surface area contributed by atoms with Crippen molar-refractivity contribution in [2.24, 2.45) is 0 Å². The lowest BCUT2D eigenvalue weighted by molar-refractivity contribution is 0.551. The predicted octanol–water partition coefficient (Wildman–Crippen LogP) is 2.25. The zero-order valence-corrected chi connectivity index (χ0v) is 11.0. The van der Waals surface area contributed by atoms with Gasteiger partial charge in [0, 0.05) is 23.8 Å². The molecule has 0 saturated carbocycles. The molecule has 0 aliphatic heterocycles. The van der Waals surface area contributed by atoms with Crippen molar-refractivity contribution in [3.8, 4) is 0 Å². The maximum atomic E-state index is 5.98. The molecule has 2 aromatic heterocycles. The molecule has 6 heteroatoms. The molecule has 1 unspecified atom stereocenters. The highest BCUT2D eigenvalue weighted by Gasteiger charge is 2.22. The van der Waals surface area contributed by atoms with Gasteiger partial charge in [-0.05, 0) is 20.3 Å². The Labute approximate surface area is 105 Å². The van der Waals surface area contributed by atoms with Gasteiger partial charge < -0.3 is 5.32 Å². The monoisotopic (exact) mass is 253 g/mol. The molecule has 0 amide bonds. The molecule has 2 heterocycles. The van der Waals surface area contributed by atoms with E-state index in [1.165, 1.54) is 0 Å². The Bertz CT molecular complexity index is 518. The number of hydrogen-bond donors (Lipinski definition) is 1. The fraction of sp³-hybridized carbons (Fsp3) is 0.545. The third-order valence-corrected chi connectivity index (χ3v) is 3.58. The van der Waals surface area contributed by atoms with Crippen molar-refractivity contribution in [2.75, 3.05) is 11.2 Å². The van der Waals surface area contributed by atoms with Crippen molar-refractivity contribution in [2.45, 2.75) is 32.7 Å². The van der Waals surface area contributed by atoms with E-state index in [1.54, 1.807) is 6.20 Å². The highest BCUT2D eigenvalue weighted by molar-refractivity contribution is 6.18. The summed E-state index contributed by atoms with van der Waals surface area (Å²) in [5.74, 6) is 2.08. The van der Waals surface area contributed by atoms with Gasteiger partial charge in [-0.1, -0.05) is 6.92 Å². The smallest absolute Gasteiger partial charge is 0.203 e. The van der Waals surface area contributed by atoms with Crippen LogP contribution in [-0.4, -0.2) is 31.0 Å². The van der Waals surface area contributed by atoms with Gasteiger partial charge in [0.2, 0.25) is 5.65 Å². The summed E-state index contributed by atoms with van der Waals surface area (Å²) in [6.45, 7) is 6.06. The topological polar surface area (TPSA) is 55.1 Å². The second-order valence-electron chi connectivity index (χ2n) is 4.39. The molecule has 0 fully saturated rings. The van der Waals surface area contributed by atoms with Crippen LogP contribution in [0.3, 0.4) is 0 Å². The summed E-state index contributed by atoms with van der Waals surface area (Å²) in [5, 5.41) is 11.5. The van der Waals surface area contributed by atoms with Crippen molar-refractivity contribution < 1.29 is 0 Å². The normalized spacial score (nSPS) is 14.8. The predicted molar refractivity (Wildman–Crippen MR) is 68.6 cm³/mol. The zero-order valence-electron chi connectivity index (χ0n) is 10.2. The van der Waals surface area contributed by atoms with Gasteiger partial charge in [0.05, 0.1) is 0 Å². The van der Waals surface area contributed by atoms with Gasteiger partial charge in [-0.2, -0.15) is 0 Å². The molecule has 1 N–H and O–H groups in total. The van der Waals surface area contributed by atoms with E-state index in [0.717, 1.165) is 23.7 Å². The van der Waals surface area contributed by atoms with Crippen molar-refractivity contribution >= 4 is 23.1 Å². The minimum atomic E-state index is -0.184. The van der Waals surface area contributed by atoms with E-state index >= 15 is 0 Å². The second kappa shape index (κ2) is 4.49. The number of hydrogen-bond acceptors (Lipinski definition) is 4. The van der Waals surface area contributed by atoms with Crippen LogP contribution in [0, 0.1) is 6.92 Å². The molecule has 0 spiro atoms. The summed E-state index contributed by atoms with van der Waals surface area (Å²) in [6.07, 6.45) is 4.49. The molecule has 5 nitrogen and oxygen atoms in total. The number of aryl methyl sites for hydroxylation is 1. The molecule has 17 heavy (non-hydrogen) atoms. The summed E-state index contributed by atoms with van der Waals surface area (Å²) in [7, 11) is 0. The average molecular weight is 254 g/mol. The van der Waals surface area contributed by atoms with Crippen LogP contribution in [0.15, 0.2) is 12.4 Å². The van der Waals surface area contributed by atoms with Crippen molar-refractivity contribution in [3.63, 3.8) is 0 Å². The quantitative estimate of drug-likeness (QED) is 0.850. The molecule has 2 aromatic rings. The maximum Gasteiger partial charge on any atom is 0.203 e. The van der Waals surface area contributed by atoms with Crippen LogP contribution >= 0.6 is 11.6 Å². The Morgan fingerprint density at radius 1 is 1.47 bits per heavy atom. The Morgan fingerprint density at radius 3 is 2.88 bits per heavy atom. The van der Waals surface area contributed by atoms with E-state index in [9.17, 15) is 0 Å². The molecule has 0 aliphatic carbocycles. The Morgan fingerprint density at radius 2 is 2.24 bits per heavy atom. The van der Waals surface area contributed by atoms with Gasteiger partial charge in [0.1, 0.15) is 5.82 Å². The van der Waals surface area contributed by atoms with Crippen LogP contribution in [0.5, 0.6) is 0 Å². The molecule has 0 radical (unpaired) electrons. The standard InChI is InChI=1S/C11H16ClN5/c1-4-11(3,7-12)14-9-10-16-15-8(2)17(10)6-5-13-9/h5-6H,4,7H2,1-3H3,(H,13,14). The van der Waals surface area contributed by atoms with Crippen molar-refractivity contribution in [1.29, 1.82) is 0 Å². The third kappa shape index (κ3) is 2.20. The van der Waals surface area contributed by atoms with Crippen molar-refractivity contribution in [3.05, 3.63) is 18.2 Å². The number of alkyl halides is 1. The van der Waals surface area contributed by atoms with Crippen LogP contribution < -0.4 is 5.32 Å². The lowest BCUT2D eigenvalue weighted by atomic mass is 10.0. The first-order valence-electron chi connectivity index (χ1n) is 5.60. The van der Waals surface area contributed by atoms with Crippen LogP contribution in [-0.2, 0) is 0 Å². The zero-order chi connectivity index (χ0) is 12.5. The van der Waals surface area contributed by atoms with Gasteiger partial charge in [-0.3, -0.25) is 4.40 Å². The number of anilines is 1. The first-order chi connectivity index (χ1) is 8.09. The van der Waals surface area contributed by atoms with Crippen LogP contribution in [0.2, 0.25) is 0 Å². The second-order valence-corrected chi connectivity index (χ2v) is 4.66. The number of nitrogens with zero attached hydrogens (tertiary/aromatic N) is 4. The number of nitrogens with one attached hydrogen (secondary N) is 1. The Hall–Kier alpha value is -1.36. The first-order valence-corrected chi connectivity index (χ1v) is 6.13. The fourth-order valence-electron chi connectivity index (χ4n) is 1.53. The van der Waals surface area contributed by atoms with Gasteiger partial charge in [-0.15, -0.1) is 21.8 Å². The molecule has 1 atom stereocenters. The SMILES string of the molecule is CCC(C)(CCl)Nc1nccn2c(C)nnc12. The summed E-state index contributed by atoms with van der Waals surface area (Å²) in [6, 6.07) is 0. The van der Waals surface area contributed by atoms with Crippen LogP contribution in [0.1, 0.15) is 26.1 Å². The first kappa shape index (κ1) is 12.1. The molecule has 0 aliphatic rings. The van der Waals surface area contributed by atoms with Crippen LogP contribution in [0.25, 0.3) is 5.65 Å².